The van der Waals surface area contributed by atoms with Gasteiger partial charge in [-0.15, -0.1) is 0 Å². The minimum atomic E-state index is -2.91. The third kappa shape index (κ3) is 3.97. The van der Waals surface area contributed by atoms with Gasteiger partial charge in [0.05, 0.1) is 6.21 Å². The second kappa shape index (κ2) is 7.35. The zero-order valence-electron chi connectivity index (χ0n) is 13.2. The molecule has 0 spiro atoms. The van der Waals surface area contributed by atoms with E-state index in [1.165, 1.54) is 17.0 Å². The highest BCUT2D eigenvalue weighted by atomic mass is 32.1. The average Bonchev–Trinajstić information content (AvgIpc) is 2.95. The monoisotopic (exact) mass is 360 g/mol. The molecule has 128 valence electrons. The summed E-state index contributed by atoms with van der Waals surface area (Å²) in [7, 11) is 0. The molecule has 0 unspecified atom stereocenters. The van der Waals surface area contributed by atoms with Crippen LogP contribution in [0.1, 0.15) is 11.1 Å². The lowest BCUT2D eigenvalue weighted by Crippen LogP contribution is -2.04. The summed E-state index contributed by atoms with van der Waals surface area (Å²) in [5.41, 5.74) is 2.35. The first-order valence-electron chi connectivity index (χ1n) is 7.37. The number of nitrogens with one attached hydrogen (secondary N) is 1. The van der Waals surface area contributed by atoms with E-state index in [1.54, 1.807) is 18.2 Å². The van der Waals surface area contributed by atoms with Gasteiger partial charge in [-0.05, 0) is 31.3 Å². The molecule has 0 aliphatic heterocycles. The highest BCUT2D eigenvalue weighted by Crippen LogP contribution is 2.20. The molecule has 0 aliphatic carbocycles. The lowest BCUT2D eigenvalue weighted by Gasteiger charge is -2.07. The van der Waals surface area contributed by atoms with Gasteiger partial charge in [-0.3, -0.25) is 0 Å². The fraction of sp³-hybridized carbons (Fsp3) is 0.118. The zero-order chi connectivity index (χ0) is 17.8. The molecule has 0 saturated heterocycles. The van der Waals surface area contributed by atoms with Crippen LogP contribution in [0.15, 0.2) is 53.6 Å². The van der Waals surface area contributed by atoms with Crippen LogP contribution in [0.3, 0.4) is 0 Å². The summed E-state index contributed by atoms with van der Waals surface area (Å²) in [6.07, 6.45) is 1.40. The fourth-order valence-corrected chi connectivity index (χ4v) is 2.38. The predicted molar refractivity (Wildman–Crippen MR) is 93.7 cm³/mol. The van der Waals surface area contributed by atoms with Gasteiger partial charge in [0.1, 0.15) is 5.75 Å². The molecule has 1 heterocycles. The predicted octanol–water partition coefficient (Wildman–Crippen LogP) is 4.40. The van der Waals surface area contributed by atoms with Crippen molar-refractivity contribution in [3.8, 4) is 17.1 Å². The van der Waals surface area contributed by atoms with Gasteiger partial charge in [-0.25, -0.2) is 5.10 Å². The Morgan fingerprint density at radius 3 is 2.64 bits per heavy atom. The molecule has 25 heavy (non-hydrogen) atoms. The lowest BCUT2D eigenvalue weighted by molar-refractivity contribution is -0.0499. The number of hydrogen-bond donors (Lipinski definition) is 1. The number of alkyl halides is 2. The third-order valence-corrected chi connectivity index (χ3v) is 3.67. The van der Waals surface area contributed by atoms with E-state index in [-0.39, 0.29) is 5.75 Å². The summed E-state index contributed by atoms with van der Waals surface area (Å²) in [5.74, 6) is 0.557. The van der Waals surface area contributed by atoms with E-state index in [0.29, 0.717) is 16.2 Å². The second-order valence-electron chi connectivity index (χ2n) is 5.19. The van der Waals surface area contributed by atoms with Gasteiger partial charge in [0.15, 0.2) is 5.82 Å². The summed E-state index contributed by atoms with van der Waals surface area (Å²) in [6, 6.07) is 14.1. The average molecular weight is 360 g/mol. The second-order valence-corrected chi connectivity index (χ2v) is 5.58. The van der Waals surface area contributed by atoms with Crippen LogP contribution in [0, 0.1) is 11.7 Å². The van der Waals surface area contributed by atoms with Gasteiger partial charge in [0, 0.05) is 11.1 Å². The molecule has 0 atom stereocenters. The maximum absolute atomic E-state index is 12.5. The Labute approximate surface area is 147 Å². The summed E-state index contributed by atoms with van der Waals surface area (Å²) < 4.78 is 31.2. The highest BCUT2D eigenvalue weighted by Gasteiger charge is 2.10. The minimum absolute atomic E-state index is 0.0353. The van der Waals surface area contributed by atoms with Crippen molar-refractivity contribution in [1.29, 1.82) is 0 Å². The molecule has 3 aromatic rings. The molecule has 0 aliphatic rings. The largest absolute Gasteiger partial charge is 0.434 e. The van der Waals surface area contributed by atoms with Crippen LogP contribution in [0.5, 0.6) is 5.75 Å². The molecule has 0 radical (unpaired) electrons. The first-order chi connectivity index (χ1) is 12.0. The molecule has 3 rings (SSSR count). The zero-order valence-corrected chi connectivity index (χ0v) is 14.0. The number of aromatic nitrogens is 3. The summed E-state index contributed by atoms with van der Waals surface area (Å²) in [4.78, 5) is 0. The fourth-order valence-electron chi connectivity index (χ4n) is 2.20. The van der Waals surface area contributed by atoms with Crippen LogP contribution in [0.2, 0.25) is 0 Å². The van der Waals surface area contributed by atoms with E-state index in [4.69, 9.17) is 12.2 Å². The lowest BCUT2D eigenvalue weighted by atomic mass is 10.1. The first kappa shape index (κ1) is 17.0. The molecule has 0 fully saturated rings. The third-order valence-electron chi connectivity index (χ3n) is 3.41. The SMILES string of the molecule is Cc1ccc(-c2n[nH]c(=S)n2/N=C\c2ccccc2OC(F)F)cc1. The number of aromatic amines is 1. The van der Waals surface area contributed by atoms with Crippen molar-refractivity contribution < 1.29 is 13.5 Å². The van der Waals surface area contributed by atoms with Crippen LogP contribution >= 0.6 is 12.2 Å². The Kier molecular flexibility index (Phi) is 4.99. The van der Waals surface area contributed by atoms with E-state index in [1.807, 2.05) is 31.2 Å². The highest BCUT2D eigenvalue weighted by molar-refractivity contribution is 7.71. The van der Waals surface area contributed by atoms with E-state index < -0.39 is 6.61 Å². The van der Waals surface area contributed by atoms with Gasteiger partial charge in [0.2, 0.25) is 4.77 Å². The van der Waals surface area contributed by atoms with Crippen molar-refractivity contribution in [3.05, 3.63) is 64.4 Å². The molecule has 0 bridgehead atoms. The summed E-state index contributed by atoms with van der Waals surface area (Å²) in [5, 5.41) is 11.1. The van der Waals surface area contributed by atoms with Crippen molar-refractivity contribution in [3.63, 3.8) is 0 Å². The Morgan fingerprint density at radius 1 is 1.20 bits per heavy atom. The van der Waals surface area contributed by atoms with Gasteiger partial charge in [-0.2, -0.15) is 23.7 Å². The number of rotatable bonds is 5. The Hall–Kier alpha value is -2.87. The first-order valence-corrected chi connectivity index (χ1v) is 7.78. The van der Waals surface area contributed by atoms with Crippen LogP contribution in [0.25, 0.3) is 11.4 Å². The number of benzene rings is 2. The Morgan fingerprint density at radius 2 is 1.92 bits per heavy atom. The standard InChI is InChI=1S/C17H14F2N4OS/c1-11-6-8-12(9-7-11)15-21-22-17(25)23(15)20-10-13-4-2-3-5-14(13)24-16(18)19/h2-10,16H,1H3,(H,22,25)/b20-10-. The number of aryl methyl sites for hydroxylation is 1. The molecule has 5 nitrogen and oxygen atoms in total. The number of para-hydroxylation sites is 1. The Balaban J connectivity index is 1.97. The molecule has 2 aromatic carbocycles. The summed E-state index contributed by atoms with van der Waals surface area (Å²) in [6.45, 7) is -0.923. The molecule has 1 N–H and O–H groups in total. The Bertz CT molecular complexity index is 948. The van der Waals surface area contributed by atoms with Crippen LogP contribution < -0.4 is 4.74 Å². The van der Waals surface area contributed by atoms with Gasteiger partial charge in [-0.1, -0.05) is 42.0 Å². The van der Waals surface area contributed by atoms with Crippen molar-refractivity contribution in [1.82, 2.24) is 14.9 Å². The van der Waals surface area contributed by atoms with Crippen molar-refractivity contribution >= 4 is 18.4 Å². The van der Waals surface area contributed by atoms with E-state index in [2.05, 4.69) is 20.0 Å². The number of hydrogen-bond acceptors (Lipinski definition) is 4. The normalized spacial score (nSPS) is 11.4. The van der Waals surface area contributed by atoms with Crippen LogP contribution in [-0.4, -0.2) is 27.7 Å². The van der Waals surface area contributed by atoms with Gasteiger partial charge in [0.25, 0.3) is 0 Å². The minimum Gasteiger partial charge on any atom is -0.434 e. The molecular formula is C17H14F2N4OS. The van der Waals surface area contributed by atoms with Gasteiger partial charge < -0.3 is 4.74 Å². The quantitative estimate of drug-likeness (QED) is 0.542. The van der Waals surface area contributed by atoms with E-state index in [9.17, 15) is 8.78 Å². The van der Waals surface area contributed by atoms with E-state index >= 15 is 0 Å². The van der Waals surface area contributed by atoms with Crippen molar-refractivity contribution in [2.45, 2.75) is 13.5 Å². The maximum Gasteiger partial charge on any atom is 0.387 e. The van der Waals surface area contributed by atoms with Crippen LogP contribution in [0.4, 0.5) is 8.78 Å². The number of halogens is 2. The molecule has 1 aromatic heterocycles. The number of nitrogens with zero attached hydrogens (tertiary/aromatic N) is 3. The number of ether oxygens (including phenoxy) is 1. The van der Waals surface area contributed by atoms with Crippen molar-refractivity contribution in [2.75, 3.05) is 0 Å². The van der Waals surface area contributed by atoms with Crippen LogP contribution in [-0.2, 0) is 0 Å². The van der Waals surface area contributed by atoms with E-state index in [0.717, 1.165) is 11.1 Å². The maximum atomic E-state index is 12.5. The molecule has 8 heteroatoms. The molecule has 0 saturated carbocycles. The molecule has 0 amide bonds. The molecular weight excluding hydrogens is 346 g/mol. The number of H-pyrrole nitrogens is 1. The van der Waals surface area contributed by atoms with Crippen molar-refractivity contribution in [2.24, 2.45) is 5.10 Å². The topological polar surface area (TPSA) is 55.2 Å². The summed E-state index contributed by atoms with van der Waals surface area (Å²) >= 11 is 5.20. The van der Waals surface area contributed by atoms with Gasteiger partial charge >= 0.3 is 6.61 Å². The smallest absolute Gasteiger partial charge is 0.387 e.